The van der Waals surface area contributed by atoms with Crippen molar-refractivity contribution in [2.75, 3.05) is 33.0 Å². The van der Waals surface area contributed by atoms with Gasteiger partial charge in [-0.2, -0.15) is 0 Å². The molecule has 0 aromatic carbocycles. The fourth-order valence-electron chi connectivity index (χ4n) is 9.61. The summed E-state index contributed by atoms with van der Waals surface area (Å²) in [6, 6.07) is 0. The number of aliphatic hydroxyl groups is 7. The summed E-state index contributed by atoms with van der Waals surface area (Å²) in [6.07, 6.45) is 36.8. The fourth-order valence-corrected chi connectivity index (χ4v) is 9.61. The minimum atomic E-state index is -1.71. The Morgan fingerprint density at radius 3 is 1.34 bits per heavy atom. The summed E-state index contributed by atoms with van der Waals surface area (Å²) >= 11 is 0. The molecule has 0 aliphatic carbocycles. The zero-order chi connectivity index (χ0) is 53.0. The van der Waals surface area contributed by atoms with Crippen LogP contribution in [0.1, 0.15) is 245 Å². The third-order valence-electron chi connectivity index (χ3n) is 14.5. The van der Waals surface area contributed by atoms with Gasteiger partial charge in [-0.1, -0.05) is 218 Å². The van der Waals surface area contributed by atoms with Crippen LogP contribution in [-0.2, 0) is 33.2 Å². The summed E-state index contributed by atoms with van der Waals surface area (Å²) in [5.41, 5.74) is 0. The highest BCUT2D eigenvalue weighted by molar-refractivity contribution is 5.69. The molecule has 0 amide bonds. The van der Waals surface area contributed by atoms with E-state index in [2.05, 4.69) is 38.2 Å². The van der Waals surface area contributed by atoms with Gasteiger partial charge in [-0.3, -0.25) is 4.79 Å². The van der Waals surface area contributed by atoms with Gasteiger partial charge in [0.1, 0.15) is 54.9 Å². The topological polar surface area (TPSA) is 214 Å². The second kappa shape index (κ2) is 46.6. The van der Waals surface area contributed by atoms with Crippen molar-refractivity contribution < 1.29 is 69.0 Å². The monoisotopic (exact) mass is 1040 g/mol. The second-order valence-corrected chi connectivity index (χ2v) is 21.2. The average molecular weight is 1040 g/mol. The number of allylic oxidation sites excluding steroid dienone is 4. The molecule has 73 heavy (non-hydrogen) atoms. The first-order valence-corrected chi connectivity index (χ1v) is 29.9. The molecule has 11 atom stereocenters. The number of carbonyl (C=O) groups is 1. The predicted octanol–water partition coefficient (Wildman–Crippen LogP) is 10.8. The van der Waals surface area contributed by atoms with Crippen LogP contribution in [0.3, 0.4) is 0 Å². The van der Waals surface area contributed by atoms with Crippen LogP contribution in [0.15, 0.2) is 24.3 Å². The molecule has 7 N–H and O–H groups in total. The quantitative estimate of drug-likeness (QED) is 0.0172. The number of carbonyl (C=O) groups excluding carboxylic acids is 1. The number of rotatable bonds is 49. The van der Waals surface area contributed by atoms with Crippen LogP contribution in [0.4, 0.5) is 0 Å². The molecule has 0 aromatic heterocycles. The number of ether oxygens (including phenoxy) is 6. The highest BCUT2D eigenvalue weighted by Gasteiger charge is 2.47. The van der Waals surface area contributed by atoms with Crippen molar-refractivity contribution in [1.82, 2.24) is 0 Å². The number of unbranched alkanes of at least 4 members (excludes halogenated alkanes) is 31. The molecule has 0 spiro atoms. The van der Waals surface area contributed by atoms with E-state index < -0.39 is 80.7 Å². The lowest BCUT2D eigenvalue weighted by Crippen LogP contribution is -2.61. The summed E-state index contributed by atoms with van der Waals surface area (Å²) in [6.45, 7) is 3.69. The molecule has 0 radical (unpaired) electrons. The fraction of sp³-hybridized carbons (Fsp3) is 0.915. The summed E-state index contributed by atoms with van der Waals surface area (Å²) in [5.74, 6) is -0.385. The van der Waals surface area contributed by atoms with Crippen molar-refractivity contribution in [2.45, 2.75) is 313 Å². The van der Waals surface area contributed by atoms with E-state index in [0.29, 0.717) is 13.0 Å². The molecule has 2 heterocycles. The van der Waals surface area contributed by atoms with Gasteiger partial charge in [0.2, 0.25) is 0 Å². The molecule has 11 unspecified atom stereocenters. The minimum Gasteiger partial charge on any atom is -0.457 e. The van der Waals surface area contributed by atoms with Crippen LogP contribution in [0.25, 0.3) is 0 Å². The van der Waals surface area contributed by atoms with Gasteiger partial charge in [0.15, 0.2) is 12.6 Å². The lowest BCUT2D eigenvalue weighted by Gasteiger charge is -2.42. The number of esters is 1. The van der Waals surface area contributed by atoms with Crippen molar-refractivity contribution >= 4 is 5.97 Å². The molecule has 2 saturated heterocycles. The normalized spacial score (nSPS) is 25.1. The van der Waals surface area contributed by atoms with E-state index in [9.17, 15) is 40.5 Å². The number of hydrogen-bond acceptors (Lipinski definition) is 14. The zero-order valence-electron chi connectivity index (χ0n) is 46.1. The first-order valence-electron chi connectivity index (χ1n) is 29.9. The Balaban J connectivity index is 1.68. The van der Waals surface area contributed by atoms with Crippen molar-refractivity contribution in [3.8, 4) is 0 Å². The Morgan fingerprint density at radius 2 is 0.849 bits per heavy atom. The molecule has 2 fully saturated rings. The second-order valence-electron chi connectivity index (χ2n) is 21.2. The van der Waals surface area contributed by atoms with Crippen molar-refractivity contribution in [3.63, 3.8) is 0 Å². The zero-order valence-corrected chi connectivity index (χ0v) is 46.1. The third-order valence-corrected chi connectivity index (χ3v) is 14.5. The summed E-state index contributed by atoms with van der Waals surface area (Å²) < 4.78 is 34.4. The van der Waals surface area contributed by atoms with Gasteiger partial charge in [-0.05, 0) is 44.9 Å². The van der Waals surface area contributed by atoms with E-state index in [1.165, 1.54) is 154 Å². The summed E-state index contributed by atoms with van der Waals surface area (Å²) in [7, 11) is 0. The molecule has 2 rings (SSSR count). The lowest BCUT2D eigenvalue weighted by molar-refractivity contribution is -0.332. The molecule has 0 bridgehead atoms. The molecule has 430 valence electrons. The molecule has 14 nitrogen and oxygen atoms in total. The van der Waals surface area contributed by atoms with Gasteiger partial charge < -0.3 is 64.2 Å². The Morgan fingerprint density at radius 1 is 0.452 bits per heavy atom. The summed E-state index contributed by atoms with van der Waals surface area (Å²) in [4.78, 5) is 13.0. The third kappa shape index (κ3) is 33.4. The van der Waals surface area contributed by atoms with E-state index in [0.717, 1.165) is 64.2 Å². The Bertz CT molecular complexity index is 1300. The minimum absolute atomic E-state index is 0.0604. The maximum atomic E-state index is 13.0. The van der Waals surface area contributed by atoms with E-state index in [1.807, 2.05) is 0 Å². The highest BCUT2D eigenvalue weighted by atomic mass is 16.7. The molecule has 0 aromatic rings. The van der Waals surface area contributed by atoms with Gasteiger partial charge in [0, 0.05) is 13.0 Å². The van der Waals surface area contributed by atoms with E-state index in [4.69, 9.17) is 28.4 Å². The standard InChI is InChI=1S/C59H110O14/c1-3-5-7-9-11-13-15-17-19-20-21-22-23-24-25-26-27-29-31-33-35-37-39-41-43-68-45-48(71-51(61)42-40-38-36-34-32-30-28-18-16-14-12-10-8-6-4-2)46-69-58-57(67)55(65)53(63)50(73-58)47-70-59-56(66)54(64)52(62)49(44-60)72-59/h12,14,18,28,48-50,52-60,62-67H,3-11,13,15-17,19-27,29-47H2,1-2H3/b14-12-,28-18-. The van der Waals surface area contributed by atoms with Crippen molar-refractivity contribution in [2.24, 2.45) is 0 Å². The Labute approximate surface area is 443 Å². The van der Waals surface area contributed by atoms with Gasteiger partial charge >= 0.3 is 5.97 Å². The molecular formula is C59H110O14. The van der Waals surface area contributed by atoms with E-state index >= 15 is 0 Å². The van der Waals surface area contributed by atoms with Crippen LogP contribution >= 0.6 is 0 Å². The lowest BCUT2D eigenvalue weighted by atomic mass is 9.98. The van der Waals surface area contributed by atoms with E-state index in [-0.39, 0.29) is 25.6 Å². The van der Waals surface area contributed by atoms with Crippen LogP contribution in [-0.4, -0.2) is 142 Å². The molecule has 2 aliphatic heterocycles. The number of aliphatic hydroxyl groups excluding tert-OH is 7. The highest BCUT2D eigenvalue weighted by Crippen LogP contribution is 2.27. The first-order chi connectivity index (χ1) is 35.6. The van der Waals surface area contributed by atoms with Gasteiger partial charge in [-0.25, -0.2) is 0 Å². The Kier molecular flexibility index (Phi) is 43.1. The van der Waals surface area contributed by atoms with Crippen LogP contribution in [0.5, 0.6) is 0 Å². The molecule has 2 aliphatic rings. The van der Waals surface area contributed by atoms with Crippen LogP contribution in [0, 0.1) is 0 Å². The van der Waals surface area contributed by atoms with Gasteiger partial charge in [0.05, 0.1) is 26.4 Å². The molecule has 0 saturated carbocycles. The Hall–Kier alpha value is -1.53. The maximum Gasteiger partial charge on any atom is 0.306 e. The molecule has 14 heteroatoms. The van der Waals surface area contributed by atoms with Crippen molar-refractivity contribution in [1.29, 1.82) is 0 Å². The van der Waals surface area contributed by atoms with Gasteiger partial charge in [-0.15, -0.1) is 0 Å². The smallest absolute Gasteiger partial charge is 0.306 e. The summed E-state index contributed by atoms with van der Waals surface area (Å²) in [5, 5.41) is 72.3. The average Bonchev–Trinajstić information content (AvgIpc) is 3.39. The van der Waals surface area contributed by atoms with Crippen molar-refractivity contribution in [3.05, 3.63) is 24.3 Å². The first kappa shape index (κ1) is 67.6. The van der Waals surface area contributed by atoms with E-state index in [1.54, 1.807) is 0 Å². The number of hydrogen-bond donors (Lipinski definition) is 7. The van der Waals surface area contributed by atoms with Crippen LogP contribution in [0.2, 0.25) is 0 Å². The largest absolute Gasteiger partial charge is 0.457 e. The maximum absolute atomic E-state index is 13.0. The SMILES string of the molecule is CCCCC/C=C\C/C=C\CCCCCCCC(=O)OC(COCCCCCCCCCCCCCCCCCCCCCCCCCC)COC1OC(COC2OC(CO)C(O)C(O)C2O)C(O)C(O)C1O. The van der Waals surface area contributed by atoms with Gasteiger partial charge in [0.25, 0.3) is 0 Å². The van der Waals surface area contributed by atoms with Crippen LogP contribution < -0.4 is 0 Å². The molecular weight excluding hydrogens is 933 g/mol. The predicted molar refractivity (Wildman–Crippen MR) is 289 cm³/mol.